The van der Waals surface area contributed by atoms with Gasteiger partial charge in [0, 0.05) is 18.2 Å². The third-order valence-corrected chi connectivity index (χ3v) is 2.60. The first-order chi connectivity index (χ1) is 9.47. The minimum Gasteiger partial charge on any atom is -0.478 e. The van der Waals surface area contributed by atoms with Crippen LogP contribution in [0.2, 0.25) is 0 Å². The minimum atomic E-state index is -1.20. The minimum absolute atomic E-state index is 0.0245. The van der Waals surface area contributed by atoms with E-state index in [1.54, 1.807) is 0 Å². The number of nitrogen functional groups attached to an aromatic ring is 1. The van der Waals surface area contributed by atoms with Gasteiger partial charge in [0.15, 0.2) is 0 Å². The number of nitrogens with zero attached hydrogens (tertiary/aromatic N) is 1. The Balaban J connectivity index is 2.20. The quantitative estimate of drug-likeness (QED) is 0.799. The number of aromatic carboxylic acids is 1. The number of hydrogen-bond donors (Lipinski definition) is 3. The van der Waals surface area contributed by atoms with Gasteiger partial charge >= 0.3 is 5.97 Å². The van der Waals surface area contributed by atoms with Crippen molar-refractivity contribution < 1.29 is 18.7 Å². The molecule has 1 heterocycles. The Kier molecular flexibility index (Phi) is 3.79. The second kappa shape index (κ2) is 5.52. The van der Waals surface area contributed by atoms with Crippen molar-refractivity contribution in [1.82, 2.24) is 4.98 Å². The van der Waals surface area contributed by atoms with Gasteiger partial charge in [-0.3, -0.25) is 0 Å². The van der Waals surface area contributed by atoms with Crippen LogP contribution in [0.5, 0.6) is 0 Å². The maximum Gasteiger partial charge on any atom is 0.339 e. The van der Waals surface area contributed by atoms with Gasteiger partial charge in [0.05, 0.1) is 11.9 Å². The topological polar surface area (TPSA) is 88.2 Å². The van der Waals surface area contributed by atoms with E-state index in [2.05, 4.69) is 10.3 Å². The molecule has 20 heavy (non-hydrogen) atoms. The van der Waals surface area contributed by atoms with Crippen LogP contribution in [0.3, 0.4) is 0 Å². The average Bonchev–Trinajstić information content (AvgIpc) is 2.38. The molecular formula is C13H11F2N3O2. The molecule has 0 atom stereocenters. The summed E-state index contributed by atoms with van der Waals surface area (Å²) in [6.45, 7) is -0.0245. The molecule has 0 saturated carbocycles. The van der Waals surface area contributed by atoms with Crippen molar-refractivity contribution in [2.75, 3.05) is 11.1 Å². The lowest BCUT2D eigenvalue weighted by Gasteiger charge is -2.09. The number of halogens is 2. The van der Waals surface area contributed by atoms with E-state index >= 15 is 0 Å². The molecule has 4 N–H and O–H groups in total. The number of anilines is 2. The second-order valence-corrected chi connectivity index (χ2v) is 4.06. The molecule has 0 fully saturated rings. The van der Waals surface area contributed by atoms with E-state index in [9.17, 15) is 13.6 Å². The van der Waals surface area contributed by atoms with Gasteiger partial charge in [-0.25, -0.2) is 18.6 Å². The first-order valence-electron chi connectivity index (χ1n) is 5.64. The van der Waals surface area contributed by atoms with E-state index in [1.807, 2.05) is 0 Å². The predicted molar refractivity (Wildman–Crippen MR) is 69.3 cm³/mol. The van der Waals surface area contributed by atoms with Gasteiger partial charge in [-0.1, -0.05) is 6.07 Å². The van der Waals surface area contributed by atoms with Crippen LogP contribution in [0.1, 0.15) is 15.9 Å². The number of benzene rings is 1. The number of hydrogen-bond acceptors (Lipinski definition) is 4. The lowest BCUT2D eigenvalue weighted by Crippen LogP contribution is -2.10. The Hall–Kier alpha value is -2.70. The van der Waals surface area contributed by atoms with Gasteiger partial charge in [0.2, 0.25) is 0 Å². The van der Waals surface area contributed by atoms with Crippen LogP contribution >= 0.6 is 0 Å². The Morgan fingerprint density at radius 3 is 2.75 bits per heavy atom. The van der Waals surface area contributed by atoms with Gasteiger partial charge in [0.1, 0.15) is 23.0 Å². The molecule has 0 spiro atoms. The smallest absolute Gasteiger partial charge is 0.339 e. The molecule has 0 radical (unpaired) electrons. The lowest BCUT2D eigenvalue weighted by atomic mass is 10.2. The molecule has 0 amide bonds. The molecule has 0 aliphatic heterocycles. The number of nitrogens with two attached hydrogens (primary N) is 1. The zero-order chi connectivity index (χ0) is 14.7. The fraction of sp³-hybridized carbons (Fsp3) is 0.0769. The summed E-state index contributed by atoms with van der Waals surface area (Å²) in [6, 6.07) is 4.40. The number of carboxylic acids is 1. The van der Waals surface area contributed by atoms with Crippen molar-refractivity contribution in [2.45, 2.75) is 6.54 Å². The van der Waals surface area contributed by atoms with E-state index in [0.29, 0.717) is 0 Å². The summed E-state index contributed by atoms with van der Waals surface area (Å²) in [6.07, 6.45) is 1.29. The molecule has 0 saturated heterocycles. The van der Waals surface area contributed by atoms with E-state index in [1.165, 1.54) is 18.3 Å². The molecule has 0 aliphatic rings. The van der Waals surface area contributed by atoms with Crippen molar-refractivity contribution in [3.05, 3.63) is 53.2 Å². The van der Waals surface area contributed by atoms with Crippen molar-refractivity contribution in [3.8, 4) is 0 Å². The highest BCUT2D eigenvalue weighted by Gasteiger charge is 2.12. The Labute approximate surface area is 113 Å². The first kappa shape index (κ1) is 13.7. The van der Waals surface area contributed by atoms with Gasteiger partial charge in [-0.05, 0) is 12.1 Å². The lowest BCUT2D eigenvalue weighted by molar-refractivity contribution is 0.0697. The SMILES string of the molecule is Nc1cnc(NCc2ccc(F)cc2F)c(C(=O)O)c1. The Morgan fingerprint density at radius 1 is 1.35 bits per heavy atom. The third-order valence-electron chi connectivity index (χ3n) is 2.60. The van der Waals surface area contributed by atoms with E-state index < -0.39 is 17.6 Å². The third kappa shape index (κ3) is 3.00. The molecule has 1 aromatic heterocycles. The summed E-state index contributed by atoms with van der Waals surface area (Å²) in [5, 5.41) is 11.7. The highest BCUT2D eigenvalue weighted by Crippen LogP contribution is 2.17. The fourth-order valence-corrected chi connectivity index (χ4v) is 1.63. The van der Waals surface area contributed by atoms with Crippen LogP contribution < -0.4 is 11.1 Å². The van der Waals surface area contributed by atoms with Crippen molar-refractivity contribution in [3.63, 3.8) is 0 Å². The summed E-state index contributed by atoms with van der Waals surface area (Å²) >= 11 is 0. The Morgan fingerprint density at radius 2 is 2.10 bits per heavy atom. The maximum absolute atomic E-state index is 13.4. The summed E-state index contributed by atoms with van der Waals surface area (Å²) < 4.78 is 26.2. The molecule has 2 rings (SSSR count). The number of carbonyl (C=O) groups is 1. The summed E-state index contributed by atoms with van der Waals surface area (Å²) in [7, 11) is 0. The standard InChI is InChI=1S/C13H11F2N3O2/c14-8-2-1-7(11(15)3-8)5-17-12-10(13(19)20)4-9(16)6-18-12/h1-4,6H,5,16H2,(H,17,18)(H,19,20). The Bertz CT molecular complexity index is 662. The van der Waals surface area contributed by atoms with Gasteiger partial charge in [0.25, 0.3) is 0 Å². The monoisotopic (exact) mass is 279 g/mol. The van der Waals surface area contributed by atoms with Crippen molar-refractivity contribution >= 4 is 17.5 Å². The van der Waals surface area contributed by atoms with Crippen molar-refractivity contribution in [2.24, 2.45) is 0 Å². The van der Waals surface area contributed by atoms with Crippen LogP contribution in [0.15, 0.2) is 30.5 Å². The van der Waals surface area contributed by atoms with Crippen LogP contribution in [-0.4, -0.2) is 16.1 Å². The zero-order valence-corrected chi connectivity index (χ0v) is 10.2. The number of carboxylic acid groups (broad SMARTS) is 1. The number of pyridine rings is 1. The molecule has 104 valence electrons. The highest BCUT2D eigenvalue weighted by molar-refractivity contribution is 5.94. The molecule has 1 aromatic carbocycles. The van der Waals surface area contributed by atoms with E-state index in [-0.39, 0.29) is 29.2 Å². The molecule has 0 unspecified atom stereocenters. The predicted octanol–water partition coefficient (Wildman–Crippen LogP) is 2.25. The van der Waals surface area contributed by atoms with Crippen molar-refractivity contribution in [1.29, 1.82) is 0 Å². The van der Waals surface area contributed by atoms with Crippen LogP contribution in [-0.2, 0) is 6.54 Å². The number of nitrogens with one attached hydrogen (secondary N) is 1. The number of aromatic nitrogens is 1. The molecule has 2 aromatic rings. The molecular weight excluding hydrogens is 268 g/mol. The van der Waals surface area contributed by atoms with E-state index in [0.717, 1.165) is 12.1 Å². The fourth-order valence-electron chi connectivity index (χ4n) is 1.63. The largest absolute Gasteiger partial charge is 0.478 e. The van der Waals surface area contributed by atoms with Crippen LogP contribution in [0.4, 0.5) is 20.3 Å². The molecule has 7 heteroatoms. The summed E-state index contributed by atoms with van der Waals surface area (Å²) in [4.78, 5) is 14.9. The van der Waals surface area contributed by atoms with Crippen LogP contribution in [0, 0.1) is 11.6 Å². The summed E-state index contributed by atoms with van der Waals surface area (Å²) in [5.74, 6) is -2.53. The van der Waals surface area contributed by atoms with Gasteiger partial charge < -0.3 is 16.2 Å². The highest BCUT2D eigenvalue weighted by atomic mass is 19.1. The first-order valence-corrected chi connectivity index (χ1v) is 5.64. The maximum atomic E-state index is 13.4. The van der Waals surface area contributed by atoms with Gasteiger partial charge in [-0.15, -0.1) is 0 Å². The van der Waals surface area contributed by atoms with Crippen LogP contribution in [0.25, 0.3) is 0 Å². The number of rotatable bonds is 4. The van der Waals surface area contributed by atoms with E-state index in [4.69, 9.17) is 10.8 Å². The second-order valence-electron chi connectivity index (χ2n) is 4.06. The summed E-state index contributed by atoms with van der Waals surface area (Å²) in [5.41, 5.74) is 5.74. The average molecular weight is 279 g/mol. The van der Waals surface area contributed by atoms with Gasteiger partial charge in [-0.2, -0.15) is 0 Å². The normalized spacial score (nSPS) is 10.3. The molecule has 0 aliphatic carbocycles. The zero-order valence-electron chi connectivity index (χ0n) is 10.2. The molecule has 5 nitrogen and oxygen atoms in total. The molecule has 0 bridgehead atoms.